The van der Waals surface area contributed by atoms with Gasteiger partial charge in [-0.3, -0.25) is 0 Å². The molecule has 0 radical (unpaired) electrons. The lowest BCUT2D eigenvalue weighted by Gasteiger charge is -2.43. The summed E-state index contributed by atoms with van der Waals surface area (Å²) in [5, 5.41) is 5.23. The fourth-order valence-electron chi connectivity index (χ4n) is 4.17. The van der Waals surface area contributed by atoms with Gasteiger partial charge in [0.1, 0.15) is 11.4 Å². The normalized spacial score (nSPS) is 12.2. The Morgan fingerprint density at radius 2 is 1.26 bits per heavy atom. The minimum absolute atomic E-state index is 0.0916. The summed E-state index contributed by atoms with van der Waals surface area (Å²) in [6, 6.07) is 29.5. The van der Waals surface area contributed by atoms with Crippen LogP contribution in [-0.4, -0.2) is 26.6 Å². The first-order chi connectivity index (χ1) is 16.0. The molecule has 34 heavy (non-hydrogen) atoms. The predicted molar refractivity (Wildman–Crippen MR) is 143 cm³/mol. The Morgan fingerprint density at radius 3 is 1.71 bits per heavy atom. The van der Waals surface area contributed by atoms with Crippen molar-refractivity contribution in [1.82, 2.24) is 5.32 Å². The van der Waals surface area contributed by atoms with Crippen molar-refractivity contribution in [3.05, 3.63) is 90.5 Å². The van der Waals surface area contributed by atoms with Gasteiger partial charge in [0.25, 0.3) is 0 Å². The molecule has 0 saturated heterocycles. The fraction of sp³-hybridized carbons (Fsp3) is 0.345. The van der Waals surface area contributed by atoms with Crippen molar-refractivity contribution >= 4 is 24.8 Å². The highest BCUT2D eigenvalue weighted by Crippen LogP contribution is 2.37. The molecule has 0 unspecified atom stereocenters. The van der Waals surface area contributed by atoms with Gasteiger partial charge >= 0.3 is 14.4 Å². The van der Waals surface area contributed by atoms with Gasteiger partial charge < -0.3 is 14.5 Å². The minimum Gasteiger partial charge on any atom is -0.534 e. The first-order valence-electron chi connectivity index (χ1n) is 11.9. The molecule has 0 saturated carbocycles. The molecule has 5 heteroatoms. The van der Waals surface area contributed by atoms with Crippen LogP contribution in [0.3, 0.4) is 0 Å². The van der Waals surface area contributed by atoms with Gasteiger partial charge in [-0.15, -0.1) is 0 Å². The molecule has 1 N–H and O–H groups in total. The third kappa shape index (κ3) is 6.29. The van der Waals surface area contributed by atoms with Crippen LogP contribution in [0.25, 0.3) is 0 Å². The van der Waals surface area contributed by atoms with Crippen LogP contribution in [0.15, 0.2) is 84.9 Å². The standard InChI is InChI=1S/C29H37NO3Si/c1-28(2,3)32-27(31)30-22-21-23-17-19-24(20-18-23)33-34(29(4,5)6,25-13-9-7-10-14-25)26-15-11-8-12-16-26/h7-20H,21-22H2,1-6H3,(H,30,31). The van der Waals surface area contributed by atoms with Crippen LogP contribution < -0.4 is 20.1 Å². The summed E-state index contributed by atoms with van der Waals surface area (Å²) in [5.74, 6) is 0.859. The number of hydrogen-bond donors (Lipinski definition) is 1. The van der Waals surface area contributed by atoms with Gasteiger partial charge in [-0.25, -0.2) is 4.79 Å². The molecule has 180 valence electrons. The number of carbonyl (C=O) groups is 1. The van der Waals surface area contributed by atoms with E-state index in [0.29, 0.717) is 6.54 Å². The highest BCUT2D eigenvalue weighted by atomic mass is 28.4. The molecule has 0 fully saturated rings. The van der Waals surface area contributed by atoms with Crippen LogP contribution in [0.1, 0.15) is 47.1 Å². The lowest BCUT2D eigenvalue weighted by molar-refractivity contribution is 0.0528. The number of alkyl carbamates (subject to hydrolysis) is 1. The van der Waals surface area contributed by atoms with Crippen molar-refractivity contribution in [2.75, 3.05) is 6.54 Å². The lowest BCUT2D eigenvalue weighted by atomic mass is 10.1. The third-order valence-electron chi connectivity index (χ3n) is 5.69. The van der Waals surface area contributed by atoms with Crippen molar-refractivity contribution in [3.8, 4) is 5.75 Å². The highest BCUT2D eigenvalue weighted by Gasteiger charge is 2.52. The molecule has 0 aromatic heterocycles. The van der Waals surface area contributed by atoms with Crippen molar-refractivity contribution in [2.24, 2.45) is 0 Å². The molecule has 1 amide bonds. The number of benzene rings is 3. The maximum Gasteiger partial charge on any atom is 0.407 e. The number of hydrogen-bond acceptors (Lipinski definition) is 3. The number of rotatable bonds is 7. The lowest BCUT2D eigenvalue weighted by Crippen LogP contribution is -2.68. The van der Waals surface area contributed by atoms with Crippen molar-refractivity contribution in [3.63, 3.8) is 0 Å². The Labute approximate surface area is 205 Å². The molecular formula is C29H37NO3Si. The summed E-state index contributed by atoms with van der Waals surface area (Å²) in [6.07, 6.45) is 0.331. The van der Waals surface area contributed by atoms with Gasteiger partial charge in [0.15, 0.2) is 0 Å². The van der Waals surface area contributed by atoms with Gasteiger partial charge in [0, 0.05) is 6.54 Å². The van der Waals surface area contributed by atoms with Gasteiger partial charge in [0.2, 0.25) is 0 Å². The Kier molecular flexibility index (Phi) is 7.88. The number of nitrogens with one attached hydrogen (secondary N) is 1. The summed E-state index contributed by atoms with van der Waals surface area (Å²) in [4.78, 5) is 11.9. The van der Waals surface area contributed by atoms with Gasteiger partial charge in [-0.05, 0) is 60.3 Å². The Balaban J connectivity index is 1.82. The molecule has 3 rings (SSSR count). The summed E-state index contributed by atoms with van der Waals surface area (Å²) in [5.41, 5.74) is 0.634. The summed E-state index contributed by atoms with van der Waals surface area (Å²) in [7, 11) is -2.64. The van der Waals surface area contributed by atoms with E-state index in [0.717, 1.165) is 17.7 Å². The largest absolute Gasteiger partial charge is 0.534 e. The molecule has 0 bridgehead atoms. The molecule has 0 aliphatic heterocycles. The van der Waals surface area contributed by atoms with Gasteiger partial charge in [0.05, 0.1) is 0 Å². The second kappa shape index (κ2) is 10.5. The van der Waals surface area contributed by atoms with E-state index in [1.54, 1.807) is 0 Å². The average molecular weight is 476 g/mol. The maximum absolute atomic E-state index is 11.9. The molecule has 0 aliphatic rings. The number of ether oxygens (including phenoxy) is 1. The molecule has 3 aromatic rings. The molecule has 0 atom stereocenters. The van der Waals surface area contributed by atoms with E-state index in [9.17, 15) is 4.79 Å². The summed E-state index contributed by atoms with van der Waals surface area (Å²) in [6.45, 7) is 12.9. The minimum atomic E-state index is -2.64. The Bertz CT molecular complexity index is 1010. The zero-order valence-electron chi connectivity index (χ0n) is 21.2. The van der Waals surface area contributed by atoms with Gasteiger partial charge in [-0.2, -0.15) is 0 Å². The zero-order chi connectivity index (χ0) is 24.8. The van der Waals surface area contributed by atoms with Crippen LogP contribution in [0.4, 0.5) is 4.79 Å². The van der Waals surface area contributed by atoms with E-state index in [-0.39, 0.29) is 11.1 Å². The van der Waals surface area contributed by atoms with E-state index in [4.69, 9.17) is 9.16 Å². The molecule has 3 aromatic carbocycles. The molecule has 0 heterocycles. The van der Waals surface area contributed by atoms with Crippen molar-refractivity contribution in [1.29, 1.82) is 0 Å². The number of carbonyl (C=O) groups excluding carboxylic acids is 1. The van der Waals surface area contributed by atoms with E-state index in [1.165, 1.54) is 10.4 Å². The van der Waals surface area contributed by atoms with Crippen LogP contribution in [0, 0.1) is 0 Å². The zero-order valence-corrected chi connectivity index (χ0v) is 22.2. The molecule has 0 aliphatic carbocycles. The average Bonchev–Trinajstić information content (AvgIpc) is 2.77. The summed E-state index contributed by atoms with van der Waals surface area (Å²) >= 11 is 0. The maximum atomic E-state index is 11.9. The fourth-order valence-corrected chi connectivity index (χ4v) is 8.59. The SMILES string of the molecule is CC(C)(C)OC(=O)NCCc1ccc(O[Si](c2ccccc2)(c2ccccc2)C(C)(C)C)cc1. The quantitative estimate of drug-likeness (QED) is 0.447. The van der Waals surface area contributed by atoms with E-state index in [1.807, 2.05) is 32.9 Å². The molecule has 0 spiro atoms. The van der Waals surface area contributed by atoms with Crippen molar-refractivity contribution < 1.29 is 14.0 Å². The van der Waals surface area contributed by atoms with E-state index >= 15 is 0 Å². The van der Waals surface area contributed by atoms with E-state index < -0.39 is 13.9 Å². The predicted octanol–water partition coefficient (Wildman–Crippen LogP) is 5.69. The first-order valence-corrected chi connectivity index (χ1v) is 13.8. The highest BCUT2D eigenvalue weighted by molar-refractivity contribution is 7.00. The van der Waals surface area contributed by atoms with E-state index in [2.05, 4.69) is 98.9 Å². The van der Waals surface area contributed by atoms with Crippen LogP contribution in [0.2, 0.25) is 5.04 Å². The molecule has 4 nitrogen and oxygen atoms in total. The molecular weight excluding hydrogens is 438 g/mol. The monoisotopic (exact) mass is 475 g/mol. The topological polar surface area (TPSA) is 47.6 Å². The summed E-state index contributed by atoms with van der Waals surface area (Å²) < 4.78 is 12.3. The van der Waals surface area contributed by atoms with Crippen LogP contribution in [0.5, 0.6) is 5.75 Å². The Hall–Kier alpha value is -3.05. The Morgan fingerprint density at radius 1 is 0.765 bits per heavy atom. The third-order valence-corrected chi connectivity index (χ3v) is 10.6. The smallest absolute Gasteiger partial charge is 0.407 e. The number of amides is 1. The van der Waals surface area contributed by atoms with Gasteiger partial charge in [-0.1, -0.05) is 93.6 Å². The second-order valence-electron chi connectivity index (χ2n) is 10.6. The van der Waals surface area contributed by atoms with Crippen LogP contribution >= 0.6 is 0 Å². The van der Waals surface area contributed by atoms with Crippen molar-refractivity contribution in [2.45, 2.75) is 58.6 Å². The second-order valence-corrected chi connectivity index (χ2v) is 14.8. The first kappa shape index (κ1) is 25.6. The van der Waals surface area contributed by atoms with Crippen LogP contribution in [-0.2, 0) is 11.2 Å².